The van der Waals surface area contributed by atoms with Crippen LogP contribution in [0, 0.1) is 0 Å². The number of rotatable bonds is 5. The smallest absolute Gasteiger partial charge is 0.347 e. The first-order valence-electron chi connectivity index (χ1n) is 7.03. The lowest BCUT2D eigenvalue weighted by atomic mass is 10.2. The molecule has 0 aliphatic rings. The third kappa shape index (κ3) is 2.78. The number of carboxylic acid groups (broad SMARTS) is 1. The molecule has 3 aromatic rings. The van der Waals surface area contributed by atoms with Gasteiger partial charge in [0, 0.05) is 11.6 Å². The van der Waals surface area contributed by atoms with Crippen molar-refractivity contribution in [2.24, 2.45) is 0 Å². The molecule has 0 aliphatic carbocycles. The molecule has 0 saturated heterocycles. The van der Waals surface area contributed by atoms with Crippen LogP contribution in [0.25, 0.3) is 10.9 Å². The Hall–Kier alpha value is -2.47. The third-order valence-corrected chi connectivity index (χ3v) is 4.25. The number of nitrogens with one attached hydrogen (secondary N) is 1. The number of hydrogen-bond donors (Lipinski definition) is 2. The monoisotopic (exact) mass is 313 g/mol. The van der Waals surface area contributed by atoms with E-state index in [2.05, 4.69) is 15.3 Å². The van der Waals surface area contributed by atoms with E-state index in [0.717, 1.165) is 34.3 Å². The Balaban J connectivity index is 1.98. The Kier molecular flexibility index (Phi) is 4.02. The van der Waals surface area contributed by atoms with Gasteiger partial charge in [0.25, 0.3) is 0 Å². The van der Waals surface area contributed by atoms with Crippen molar-refractivity contribution < 1.29 is 9.90 Å². The van der Waals surface area contributed by atoms with Gasteiger partial charge in [0.2, 0.25) is 0 Å². The summed E-state index contributed by atoms with van der Waals surface area (Å²) < 4.78 is 0. The molecular formula is C16H15N3O2S. The highest BCUT2D eigenvalue weighted by Crippen LogP contribution is 2.29. The number of fused-ring (bicyclic) bond motifs is 1. The number of carboxylic acids is 1. The molecule has 22 heavy (non-hydrogen) atoms. The second-order valence-corrected chi connectivity index (χ2v) is 5.85. The first kappa shape index (κ1) is 14.5. The van der Waals surface area contributed by atoms with E-state index in [-0.39, 0.29) is 0 Å². The summed E-state index contributed by atoms with van der Waals surface area (Å²) in [4.78, 5) is 20.4. The summed E-state index contributed by atoms with van der Waals surface area (Å²) in [5, 5.41) is 14.1. The molecule has 0 spiro atoms. The molecule has 0 radical (unpaired) electrons. The highest BCUT2D eigenvalue weighted by atomic mass is 32.1. The summed E-state index contributed by atoms with van der Waals surface area (Å²) in [5.74, 6) is -0.926. The molecule has 0 fully saturated rings. The quantitative estimate of drug-likeness (QED) is 0.742. The molecule has 0 amide bonds. The average molecular weight is 313 g/mol. The van der Waals surface area contributed by atoms with Gasteiger partial charge in [-0.05, 0) is 18.6 Å². The van der Waals surface area contributed by atoms with Gasteiger partial charge in [-0.15, -0.1) is 0 Å². The van der Waals surface area contributed by atoms with E-state index in [1.807, 2.05) is 37.3 Å². The fraction of sp³-hybridized carbons (Fsp3) is 0.188. The predicted molar refractivity (Wildman–Crippen MR) is 88.1 cm³/mol. The minimum Gasteiger partial charge on any atom is -0.477 e. The highest BCUT2D eigenvalue weighted by molar-refractivity contribution is 7.17. The van der Waals surface area contributed by atoms with Crippen molar-refractivity contribution in [3.05, 3.63) is 47.1 Å². The van der Waals surface area contributed by atoms with Gasteiger partial charge in [0.05, 0.1) is 16.9 Å². The van der Waals surface area contributed by atoms with Crippen molar-refractivity contribution in [3.63, 3.8) is 0 Å². The molecule has 2 N–H and O–H groups in total. The van der Waals surface area contributed by atoms with Gasteiger partial charge in [0.1, 0.15) is 4.88 Å². The number of benzene rings is 1. The van der Waals surface area contributed by atoms with E-state index in [9.17, 15) is 9.90 Å². The lowest BCUT2D eigenvalue weighted by molar-refractivity contribution is 0.0700. The zero-order valence-electron chi connectivity index (χ0n) is 12.0. The molecule has 3 rings (SSSR count). The number of thiazole rings is 1. The van der Waals surface area contributed by atoms with Crippen LogP contribution in [0.15, 0.2) is 36.5 Å². The van der Waals surface area contributed by atoms with Gasteiger partial charge in [-0.3, -0.25) is 4.98 Å². The van der Waals surface area contributed by atoms with E-state index in [4.69, 9.17) is 0 Å². The molecule has 112 valence electrons. The van der Waals surface area contributed by atoms with Crippen LogP contribution in [0.3, 0.4) is 0 Å². The second kappa shape index (κ2) is 6.11. The average Bonchev–Trinajstić information content (AvgIpc) is 2.91. The summed E-state index contributed by atoms with van der Waals surface area (Å²) in [6.07, 6.45) is 3.26. The van der Waals surface area contributed by atoms with Gasteiger partial charge in [-0.2, -0.15) is 0 Å². The number of aromatic carboxylic acids is 1. The second-order valence-electron chi connectivity index (χ2n) is 4.86. The summed E-state index contributed by atoms with van der Waals surface area (Å²) in [6.45, 7) is 2.01. The first-order valence-corrected chi connectivity index (χ1v) is 7.84. The number of pyridine rings is 1. The Morgan fingerprint density at radius 1 is 1.32 bits per heavy atom. The van der Waals surface area contributed by atoms with Crippen LogP contribution in [0.5, 0.6) is 0 Å². The zero-order chi connectivity index (χ0) is 15.5. The molecule has 0 bridgehead atoms. The van der Waals surface area contributed by atoms with Crippen LogP contribution in [-0.2, 0) is 6.42 Å². The van der Waals surface area contributed by atoms with Crippen LogP contribution >= 0.6 is 11.3 Å². The van der Waals surface area contributed by atoms with Crippen LogP contribution in [0.2, 0.25) is 0 Å². The van der Waals surface area contributed by atoms with Crippen LogP contribution in [0.1, 0.15) is 28.7 Å². The highest BCUT2D eigenvalue weighted by Gasteiger charge is 2.17. The Morgan fingerprint density at radius 2 is 2.14 bits per heavy atom. The number of para-hydroxylation sites is 1. The van der Waals surface area contributed by atoms with E-state index in [0.29, 0.717) is 22.1 Å². The number of carbonyl (C=O) groups is 1. The summed E-state index contributed by atoms with van der Waals surface area (Å²) in [6, 6.07) is 9.71. The number of nitrogens with zero attached hydrogens (tertiary/aromatic N) is 2. The van der Waals surface area contributed by atoms with Gasteiger partial charge in [-0.1, -0.05) is 42.9 Å². The molecule has 0 saturated carbocycles. The van der Waals surface area contributed by atoms with Crippen molar-refractivity contribution in [3.8, 4) is 0 Å². The maximum Gasteiger partial charge on any atom is 0.347 e. The maximum atomic E-state index is 11.3. The zero-order valence-corrected chi connectivity index (χ0v) is 12.9. The summed E-state index contributed by atoms with van der Waals surface area (Å²) in [5.41, 5.74) is 2.30. The Bertz CT molecular complexity index is 824. The molecular weight excluding hydrogens is 298 g/mol. The standard InChI is InChI=1S/C16H15N3O2S/c1-2-5-12-14(15(20)21)22-16(19-12)18-11-8-3-6-10-7-4-9-17-13(10)11/h3-4,6-9H,2,5H2,1H3,(H,18,19)(H,20,21). The Labute approximate surface area is 131 Å². The molecule has 5 nitrogen and oxygen atoms in total. The first-order chi connectivity index (χ1) is 10.7. The van der Waals surface area contributed by atoms with Crippen molar-refractivity contribution in [1.82, 2.24) is 9.97 Å². The number of anilines is 2. The number of hydrogen-bond acceptors (Lipinski definition) is 5. The van der Waals surface area contributed by atoms with Crippen LogP contribution in [-0.4, -0.2) is 21.0 Å². The van der Waals surface area contributed by atoms with Gasteiger partial charge < -0.3 is 10.4 Å². The SMILES string of the molecule is CCCc1nc(Nc2cccc3cccnc23)sc1C(=O)O. The lowest BCUT2D eigenvalue weighted by Crippen LogP contribution is -1.98. The normalized spacial score (nSPS) is 10.8. The molecule has 6 heteroatoms. The molecule has 1 aromatic carbocycles. The van der Waals surface area contributed by atoms with Crippen molar-refractivity contribution >= 4 is 39.0 Å². The maximum absolute atomic E-state index is 11.3. The topological polar surface area (TPSA) is 75.1 Å². The van der Waals surface area contributed by atoms with E-state index in [1.165, 1.54) is 0 Å². The van der Waals surface area contributed by atoms with E-state index in [1.54, 1.807) is 6.20 Å². The summed E-state index contributed by atoms with van der Waals surface area (Å²) in [7, 11) is 0. The number of aromatic nitrogens is 2. The lowest BCUT2D eigenvalue weighted by Gasteiger charge is -2.05. The largest absolute Gasteiger partial charge is 0.477 e. The van der Waals surface area contributed by atoms with E-state index >= 15 is 0 Å². The molecule has 0 unspecified atom stereocenters. The molecule has 0 atom stereocenters. The van der Waals surface area contributed by atoms with Gasteiger partial charge in [0.15, 0.2) is 5.13 Å². The van der Waals surface area contributed by atoms with Crippen molar-refractivity contribution in [1.29, 1.82) is 0 Å². The van der Waals surface area contributed by atoms with Crippen LogP contribution in [0.4, 0.5) is 10.8 Å². The van der Waals surface area contributed by atoms with Crippen molar-refractivity contribution in [2.75, 3.05) is 5.32 Å². The summed E-state index contributed by atoms with van der Waals surface area (Å²) >= 11 is 1.16. The fourth-order valence-corrected chi connectivity index (χ4v) is 3.16. The fourth-order valence-electron chi connectivity index (χ4n) is 2.30. The van der Waals surface area contributed by atoms with Crippen molar-refractivity contribution in [2.45, 2.75) is 19.8 Å². The molecule has 2 aromatic heterocycles. The number of aryl methyl sites for hydroxylation is 1. The van der Waals surface area contributed by atoms with Crippen LogP contribution < -0.4 is 5.32 Å². The minimum atomic E-state index is -0.926. The van der Waals surface area contributed by atoms with Gasteiger partial charge in [-0.25, -0.2) is 9.78 Å². The third-order valence-electron chi connectivity index (χ3n) is 3.25. The minimum absolute atomic E-state index is 0.303. The molecule has 0 aliphatic heterocycles. The Morgan fingerprint density at radius 3 is 2.91 bits per heavy atom. The van der Waals surface area contributed by atoms with E-state index < -0.39 is 5.97 Å². The predicted octanol–water partition coefficient (Wildman–Crippen LogP) is 4.09. The molecule has 2 heterocycles. The van der Waals surface area contributed by atoms with Gasteiger partial charge >= 0.3 is 5.97 Å².